The fraction of sp³-hybridized carbons (Fsp3) is 0.571. The monoisotopic (exact) mass is 295 g/mol. The lowest BCUT2D eigenvalue weighted by atomic mass is 9.96. The van der Waals surface area contributed by atoms with Gasteiger partial charge >= 0.3 is 0 Å². The number of rotatable bonds is 3. The van der Waals surface area contributed by atoms with Crippen molar-refractivity contribution in [2.45, 2.75) is 25.6 Å². The fourth-order valence-corrected chi connectivity index (χ4v) is 2.95. The molecule has 20 heavy (non-hydrogen) atoms. The van der Waals surface area contributed by atoms with Crippen LogP contribution < -0.4 is 4.90 Å². The maximum absolute atomic E-state index is 6.11. The Morgan fingerprint density at radius 2 is 2.15 bits per heavy atom. The summed E-state index contributed by atoms with van der Waals surface area (Å²) in [6, 6.07) is 0. The normalized spacial score (nSPS) is 25.6. The van der Waals surface area contributed by atoms with Gasteiger partial charge in [0.1, 0.15) is 11.4 Å². The molecule has 1 unspecified atom stereocenters. The highest BCUT2D eigenvalue weighted by molar-refractivity contribution is 6.28. The third kappa shape index (κ3) is 2.30. The van der Waals surface area contributed by atoms with E-state index >= 15 is 0 Å². The van der Waals surface area contributed by atoms with Crippen LogP contribution in [0.1, 0.15) is 24.6 Å². The zero-order valence-electron chi connectivity index (χ0n) is 11.6. The second-order valence-electron chi connectivity index (χ2n) is 5.26. The number of nitrogens with zero attached hydrogens (tertiary/aromatic N) is 3. The van der Waals surface area contributed by atoms with E-state index in [1.165, 1.54) is 0 Å². The molecular formula is C14H18ClN3O2. The Morgan fingerprint density at radius 1 is 1.40 bits per heavy atom. The van der Waals surface area contributed by atoms with Gasteiger partial charge < -0.3 is 14.4 Å². The van der Waals surface area contributed by atoms with Gasteiger partial charge in [-0.2, -0.15) is 0 Å². The molecule has 1 atom stereocenters. The van der Waals surface area contributed by atoms with Crippen LogP contribution >= 0.6 is 11.6 Å². The van der Waals surface area contributed by atoms with Gasteiger partial charge in [-0.05, 0) is 24.9 Å². The fourth-order valence-electron chi connectivity index (χ4n) is 2.78. The largest absolute Gasteiger partial charge is 0.378 e. The van der Waals surface area contributed by atoms with Gasteiger partial charge in [-0.3, -0.25) is 0 Å². The summed E-state index contributed by atoms with van der Waals surface area (Å²) in [6.45, 7) is 9.39. The molecule has 5 nitrogen and oxygen atoms in total. The van der Waals surface area contributed by atoms with Crippen molar-refractivity contribution in [1.82, 2.24) is 9.97 Å². The Kier molecular flexibility index (Phi) is 3.67. The Bertz CT molecular complexity index is 531. The minimum atomic E-state index is -0.454. The standard InChI is InChI=1S/C14H18ClN3O2/c1-3-4-14(2)11-10(9-20-14)12(17-13(15)16-11)18-5-7-19-8-6-18/h3H,1,4-9H2,2H3. The van der Waals surface area contributed by atoms with E-state index in [1.54, 1.807) is 0 Å². The Labute approximate surface area is 123 Å². The quantitative estimate of drug-likeness (QED) is 0.632. The highest BCUT2D eigenvalue weighted by Crippen LogP contribution is 2.41. The number of halogens is 1. The average molecular weight is 296 g/mol. The predicted octanol–water partition coefficient (Wildman–Crippen LogP) is 2.29. The summed E-state index contributed by atoms with van der Waals surface area (Å²) in [7, 11) is 0. The van der Waals surface area contributed by atoms with Crippen LogP contribution in [0.15, 0.2) is 12.7 Å². The van der Waals surface area contributed by atoms with Gasteiger partial charge in [-0.1, -0.05) is 6.08 Å². The van der Waals surface area contributed by atoms with E-state index in [-0.39, 0.29) is 5.28 Å². The van der Waals surface area contributed by atoms with Crippen molar-refractivity contribution in [3.63, 3.8) is 0 Å². The molecule has 1 saturated heterocycles. The lowest BCUT2D eigenvalue weighted by molar-refractivity contribution is -0.0229. The van der Waals surface area contributed by atoms with Crippen LogP contribution in [-0.4, -0.2) is 36.3 Å². The molecule has 1 fully saturated rings. The smallest absolute Gasteiger partial charge is 0.224 e. The molecule has 0 spiro atoms. The Morgan fingerprint density at radius 3 is 2.85 bits per heavy atom. The second kappa shape index (κ2) is 5.31. The maximum Gasteiger partial charge on any atom is 0.224 e. The Hall–Kier alpha value is -1.17. The van der Waals surface area contributed by atoms with E-state index in [4.69, 9.17) is 21.1 Å². The number of morpholine rings is 1. The van der Waals surface area contributed by atoms with E-state index in [0.29, 0.717) is 26.2 Å². The number of hydrogen-bond acceptors (Lipinski definition) is 5. The summed E-state index contributed by atoms with van der Waals surface area (Å²) < 4.78 is 11.3. The number of anilines is 1. The molecule has 2 aliphatic heterocycles. The summed E-state index contributed by atoms with van der Waals surface area (Å²) in [5.41, 5.74) is 1.48. The molecule has 3 heterocycles. The number of hydrogen-bond donors (Lipinski definition) is 0. The molecule has 0 aromatic carbocycles. The van der Waals surface area contributed by atoms with Crippen LogP contribution in [-0.2, 0) is 21.7 Å². The van der Waals surface area contributed by atoms with Gasteiger partial charge in [0.2, 0.25) is 5.28 Å². The number of fused-ring (bicyclic) bond motifs is 1. The lowest BCUT2D eigenvalue weighted by Crippen LogP contribution is -2.37. The molecule has 0 aliphatic carbocycles. The minimum absolute atomic E-state index is 0.269. The van der Waals surface area contributed by atoms with E-state index in [2.05, 4.69) is 21.4 Å². The van der Waals surface area contributed by atoms with Crippen molar-refractivity contribution < 1.29 is 9.47 Å². The van der Waals surface area contributed by atoms with E-state index < -0.39 is 5.60 Å². The summed E-state index contributed by atoms with van der Waals surface area (Å²) >= 11 is 6.11. The molecule has 108 valence electrons. The molecule has 0 N–H and O–H groups in total. The van der Waals surface area contributed by atoms with Crippen molar-refractivity contribution in [2.75, 3.05) is 31.2 Å². The maximum atomic E-state index is 6.11. The van der Waals surface area contributed by atoms with Gasteiger partial charge in [-0.25, -0.2) is 9.97 Å². The molecule has 1 aromatic heterocycles. The van der Waals surface area contributed by atoms with E-state index in [9.17, 15) is 0 Å². The summed E-state index contributed by atoms with van der Waals surface area (Å²) in [4.78, 5) is 11.0. The number of aromatic nitrogens is 2. The topological polar surface area (TPSA) is 47.5 Å². The van der Waals surface area contributed by atoms with Gasteiger partial charge in [0.15, 0.2) is 0 Å². The summed E-state index contributed by atoms with van der Waals surface area (Å²) in [5.74, 6) is 0.885. The van der Waals surface area contributed by atoms with Gasteiger partial charge in [0, 0.05) is 18.7 Å². The minimum Gasteiger partial charge on any atom is -0.378 e. The molecule has 3 rings (SSSR count). The number of ether oxygens (including phenoxy) is 2. The molecular weight excluding hydrogens is 278 g/mol. The van der Waals surface area contributed by atoms with Crippen molar-refractivity contribution in [3.05, 3.63) is 29.2 Å². The highest BCUT2D eigenvalue weighted by Gasteiger charge is 2.39. The molecule has 0 saturated carbocycles. The van der Waals surface area contributed by atoms with E-state index in [1.807, 2.05) is 13.0 Å². The third-order valence-corrected chi connectivity index (χ3v) is 4.01. The van der Waals surface area contributed by atoms with Crippen molar-refractivity contribution >= 4 is 17.4 Å². The molecule has 0 bridgehead atoms. The van der Waals surface area contributed by atoms with Crippen LogP contribution in [0, 0.1) is 0 Å². The van der Waals surface area contributed by atoms with Crippen LogP contribution in [0.4, 0.5) is 5.82 Å². The zero-order chi connectivity index (χ0) is 14.2. The Balaban J connectivity index is 2.03. The average Bonchev–Trinajstić information content (AvgIpc) is 2.77. The van der Waals surface area contributed by atoms with Crippen LogP contribution in [0.5, 0.6) is 0 Å². The highest BCUT2D eigenvalue weighted by atomic mass is 35.5. The first-order valence-corrected chi connectivity index (χ1v) is 7.16. The van der Waals surface area contributed by atoms with E-state index in [0.717, 1.165) is 30.2 Å². The van der Waals surface area contributed by atoms with Gasteiger partial charge in [0.25, 0.3) is 0 Å². The second-order valence-corrected chi connectivity index (χ2v) is 5.59. The first-order valence-electron chi connectivity index (χ1n) is 6.78. The predicted molar refractivity (Wildman–Crippen MR) is 77.0 cm³/mol. The van der Waals surface area contributed by atoms with Gasteiger partial charge in [0.05, 0.1) is 25.5 Å². The van der Waals surface area contributed by atoms with Crippen LogP contribution in [0.3, 0.4) is 0 Å². The van der Waals surface area contributed by atoms with Gasteiger partial charge in [-0.15, -0.1) is 6.58 Å². The SMILES string of the molecule is C=CCC1(C)OCc2c(N3CCOCC3)nc(Cl)nc21. The van der Waals surface area contributed by atoms with Crippen molar-refractivity contribution in [1.29, 1.82) is 0 Å². The molecule has 6 heteroatoms. The molecule has 1 aromatic rings. The molecule has 2 aliphatic rings. The van der Waals surface area contributed by atoms with Crippen molar-refractivity contribution in [3.8, 4) is 0 Å². The summed E-state index contributed by atoms with van der Waals surface area (Å²) in [6.07, 6.45) is 2.55. The molecule has 0 radical (unpaired) electrons. The molecule has 0 amide bonds. The van der Waals surface area contributed by atoms with Crippen LogP contribution in [0.2, 0.25) is 5.28 Å². The third-order valence-electron chi connectivity index (χ3n) is 3.84. The first kappa shape index (κ1) is 13.8. The zero-order valence-corrected chi connectivity index (χ0v) is 12.3. The first-order chi connectivity index (χ1) is 9.64. The van der Waals surface area contributed by atoms with Crippen LogP contribution in [0.25, 0.3) is 0 Å². The lowest BCUT2D eigenvalue weighted by Gasteiger charge is -2.29. The van der Waals surface area contributed by atoms with Crippen molar-refractivity contribution in [2.24, 2.45) is 0 Å². The summed E-state index contributed by atoms with van der Waals surface area (Å²) in [5, 5.41) is 0.269.